The summed E-state index contributed by atoms with van der Waals surface area (Å²) in [4.78, 5) is 2.73. The fraction of sp³-hybridized carbons (Fsp3) is 1.00. The van der Waals surface area contributed by atoms with Crippen LogP contribution in [0.4, 0.5) is 0 Å². The van der Waals surface area contributed by atoms with Crippen molar-refractivity contribution in [3.05, 3.63) is 0 Å². The zero-order chi connectivity index (χ0) is 15.1. The maximum atomic E-state index is 2.73. The molecule has 0 aromatic heterocycles. The van der Waals surface area contributed by atoms with E-state index in [9.17, 15) is 0 Å². The molecule has 1 nitrogen and oxygen atoms in total. The number of rotatable bonds is 0. The molecule has 0 radical (unpaired) electrons. The Balaban J connectivity index is 3.23. The molecule has 1 aliphatic rings. The van der Waals surface area contributed by atoms with E-state index in [0.717, 1.165) is 0 Å². The van der Waals surface area contributed by atoms with Gasteiger partial charge in [0, 0.05) is 12.1 Å². The molecule has 0 amide bonds. The summed E-state index contributed by atoms with van der Waals surface area (Å²) in [6.45, 7) is 24.3. The summed E-state index contributed by atoms with van der Waals surface area (Å²) in [6, 6.07) is 0. The topological polar surface area (TPSA) is 3.24 Å². The molecule has 0 aliphatic carbocycles. The maximum Gasteiger partial charge on any atom is 0.0125 e. The van der Waals surface area contributed by atoms with Crippen LogP contribution in [0, 0.1) is 16.2 Å². The summed E-state index contributed by atoms with van der Waals surface area (Å²) in [6.07, 6.45) is 4.10. The van der Waals surface area contributed by atoms with Crippen LogP contribution in [0.2, 0.25) is 0 Å². The van der Waals surface area contributed by atoms with Gasteiger partial charge in [-0.1, -0.05) is 48.0 Å². The van der Waals surface area contributed by atoms with Crippen molar-refractivity contribution in [2.45, 2.75) is 87.1 Å². The van der Waals surface area contributed by atoms with Crippen molar-refractivity contribution in [2.24, 2.45) is 16.2 Å². The molecule has 1 saturated heterocycles. The summed E-state index contributed by atoms with van der Waals surface area (Å²) in [5.74, 6) is 0. The lowest BCUT2D eigenvalue weighted by Crippen LogP contribution is -2.56. The number of likely N-dealkylation sites (tertiary alicyclic amines) is 1. The maximum absolute atomic E-state index is 2.73. The summed E-state index contributed by atoms with van der Waals surface area (Å²) >= 11 is 0. The Kier molecular flexibility index (Phi) is 4.53. The van der Waals surface area contributed by atoms with Gasteiger partial charge in [-0.05, 0) is 56.4 Å². The Labute approximate surface area is 122 Å². The van der Waals surface area contributed by atoms with Crippen LogP contribution in [-0.2, 0) is 0 Å². The fourth-order valence-corrected chi connectivity index (χ4v) is 4.14. The highest BCUT2D eigenvalue weighted by molar-refractivity contribution is 5.02. The Morgan fingerprint density at radius 3 is 1.58 bits per heavy atom. The minimum absolute atomic E-state index is 0.284. The van der Waals surface area contributed by atoms with E-state index in [4.69, 9.17) is 0 Å². The van der Waals surface area contributed by atoms with Crippen LogP contribution in [0.5, 0.6) is 0 Å². The third kappa shape index (κ3) is 3.35. The normalized spacial score (nSPS) is 23.2. The second-order valence-electron chi connectivity index (χ2n) is 9.63. The average Bonchev–Trinajstić information content (AvgIpc) is 2.36. The van der Waals surface area contributed by atoms with Crippen LogP contribution in [0.3, 0.4) is 0 Å². The molecule has 1 heterocycles. The van der Waals surface area contributed by atoms with Crippen LogP contribution in [0.25, 0.3) is 0 Å². The molecule has 1 aliphatic heterocycles. The van der Waals surface area contributed by atoms with Crippen molar-refractivity contribution >= 4 is 0 Å². The van der Waals surface area contributed by atoms with Gasteiger partial charge in [-0.25, -0.2) is 0 Å². The highest BCUT2D eigenvalue weighted by Crippen LogP contribution is 2.56. The van der Waals surface area contributed by atoms with Gasteiger partial charge in [-0.15, -0.1) is 0 Å². The summed E-state index contributed by atoms with van der Waals surface area (Å²) < 4.78 is 0. The van der Waals surface area contributed by atoms with Gasteiger partial charge in [0.25, 0.3) is 0 Å². The van der Waals surface area contributed by atoms with E-state index in [1.165, 1.54) is 32.4 Å². The molecule has 0 spiro atoms. The minimum Gasteiger partial charge on any atom is -0.298 e. The van der Waals surface area contributed by atoms with E-state index in [1.54, 1.807) is 0 Å². The van der Waals surface area contributed by atoms with Gasteiger partial charge in [0.1, 0.15) is 0 Å². The zero-order valence-electron chi connectivity index (χ0n) is 15.0. The molecule has 1 heteroatoms. The lowest BCUT2D eigenvalue weighted by Gasteiger charge is -2.56. The predicted octanol–water partition coefficient (Wildman–Crippen LogP) is 5.35. The lowest BCUT2D eigenvalue weighted by molar-refractivity contribution is -0.0732. The molecule has 1 rings (SSSR count). The second-order valence-corrected chi connectivity index (χ2v) is 9.63. The molecular weight excluding hydrogens is 230 g/mol. The van der Waals surface area contributed by atoms with Gasteiger partial charge in [-0.2, -0.15) is 0 Å². The van der Waals surface area contributed by atoms with Gasteiger partial charge < -0.3 is 0 Å². The second kappa shape index (κ2) is 5.06. The monoisotopic (exact) mass is 267 g/mol. The molecule has 0 saturated carbocycles. The SMILES string of the molecule is CC(C)(C)N1CCCCC(C(C)(C)C)(C(C)(C)C)C1. The highest BCUT2D eigenvalue weighted by atomic mass is 15.2. The van der Waals surface area contributed by atoms with Crippen molar-refractivity contribution < 1.29 is 0 Å². The van der Waals surface area contributed by atoms with E-state index >= 15 is 0 Å². The first-order chi connectivity index (χ1) is 8.31. The van der Waals surface area contributed by atoms with Gasteiger partial charge >= 0.3 is 0 Å². The standard InChI is InChI=1S/C18H37N/c1-15(2,3)18(16(4,5)6)12-10-11-13-19(14-18)17(7,8)9/h10-14H2,1-9H3. The van der Waals surface area contributed by atoms with Crippen LogP contribution in [0.1, 0.15) is 81.6 Å². The van der Waals surface area contributed by atoms with Gasteiger partial charge in [0.2, 0.25) is 0 Å². The summed E-state index contributed by atoms with van der Waals surface area (Å²) in [5, 5.41) is 0. The third-order valence-electron chi connectivity index (χ3n) is 5.56. The van der Waals surface area contributed by atoms with Crippen molar-refractivity contribution in [3.8, 4) is 0 Å². The molecule has 19 heavy (non-hydrogen) atoms. The van der Waals surface area contributed by atoms with Gasteiger partial charge in [0.05, 0.1) is 0 Å². The van der Waals surface area contributed by atoms with Crippen molar-refractivity contribution in [3.63, 3.8) is 0 Å². The van der Waals surface area contributed by atoms with Crippen molar-refractivity contribution in [1.29, 1.82) is 0 Å². The van der Waals surface area contributed by atoms with Crippen LogP contribution < -0.4 is 0 Å². The minimum atomic E-state index is 0.284. The smallest absolute Gasteiger partial charge is 0.0125 e. The Morgan fingerprint density at radius 1 is 0.737 bits per heavy atom. The summed E-state index contributed by atoms with van der Waals surface area (Å²) in [7, 11) is 0. The van der Waals surface area contributed by atoms with Gasteiger partial charge in [0.15, 0.2) is 0 Å². The number of nitrogens with zero attached hydrogens (tertiary/aromatic N) is 1. The largest absolute Gasteiger partial charge is 0.298 e. The zero-order valence-corrected chi connectivity index (χ0v) is 15.0. The number of hydrogen-bond acceptors (Lipinski definition) is 1. The van der Waals surface area contributed by atoms with Crippen molar-refractivity contribution in [1.82, 2.24) is 4.90 Å². The van der Waals surface area contributed by atoms with E-state index < -0.39 is 0 Å². The summed E-state index contributed by atoms with van der Waals surface area (Å²) in [5.41, 5.74) is 1.37. The van der Waals surface area contributed by atoms with Crippen molar-refractivity contribution in [2.75, 3.05) is 13.1 Å². The molecular formula is C18H37N. The molecule has 0 atom stereocenters. The number of hydrogen-bond donors (Lipinski definition) is 0. The Hall–Kier alpha value is -0.0400. The van der Waals surface area contributed by atoms with E-state index in [2.05, 4.69) is 67.2 Å². The fourth-order valence-electron chi connectivity index (χ4n) is 4.14. The molecule has 0 aromatic rings. The first kappa shape index (κ1) is 17.0. The van der Waals surface area contributed by atoms with E-state index in [1.807, 2.05) is 0 Å². The molecule has 0 bridgehead atoms. The first-order valence-corrected chi connectivity index (χ1v) is 8.06. The van der Waals surface area contributed by atoms with E-state index in [0.29, 0.717) is 16.2 Å². The van der Waals surface area contributed by atoms with Crippen LogP contribution >= 0.6 is 0 Å². The average molecular weight is 268 g/mol. The van der Waals surface area contributed by atoms with Gasteiger partial charge in [-0.3, -0.25) is 4.90 Å². The Morgan fingerprint density at radius 2 is 1.21 bits per heavy atom. The molecule has 1 fully saturated rings. The predicted molar refractivity (Wildman–Crippen MR) is 86.5 cm³/mol. The molecule has 114 valence electrons. The molecule has 0 aromatic carbocycles. The molecule has 0 N–H and O–H groups in total. The first-order valence-electron chi connectivity index (χ1n) is 8.06. The third-order valence-corrected chi connectivity index (χ3v) is 5.56. The highest BCUT2D eigenvalue weighted by Gasteiger charge is 2.52. The lowest BCUT2D eigenvalue weighted by atomic mass is 9.52. The van der Waals surface area contributed by atoms with Crippen LogP contribution in [-0.4, -0.2) is 23.5 Å². The quantitative estimate of drug-likeness (QED) is 0.572. The Bertz CT molecular complexity index is 281. The van der Waals surface area contributed by atoms with Crippen LogP contribution in [0.15, 0.2) is 0 Å². The van der Waals surface area contributed by atoms with E-state index in [-0.39, 0.29) is 5.54 Å². The molecule has 0 unspecified atom stereocenters.